The van der Waals surface area contributed by atoms with Gasteiger partial charge in [-0.25, -0.2) is 9.37 Å². The topological polar surface area (TPSA) is 84.2 Å². The van der Waals surface area contributed by atoms with Crippen molar-refractivity contribution in [1.82, 2.24) is 4.98 Å². The maximum Gasteiger partial charge on any atom is 0.260 e. The van der Waals surface area contributed by atoms with E-state index in [9.17, 15) is 14.0 Å². The van der Waals surface area contributed by atoms with Crippen molar-refractivity contribution in [3.05, 3.63) is 64.3 Å². The van der Waals surface area contributed by atoms with Crippen LogP contribution in [0.2, 0.25) is 0 Å². The van der Waals surface area contributed by atoms with Crippen molar-refractivity contribution in [3.63, 3.8) is 0 Å². The number of hydrogen-bond acceptors (Lipinski definition) is 5. The second-order valence-corrected chi connectivity index (χ2v) is 6.53. The number of rotatable bonds is 5. The Labute approximate surface area is 153 Å². The lowest BCUT2D eigenvalue weighted by molar-refractivity contribution is -0.115. The van der Waals surface area contributed by atoms with Crippen LogP contribution in [-0.2, 0) is 11.2 Å². The number of thiazole rings is 1. The van der Waals surface area contributed by atoms with E-state index >= 15 is 0 Å². The number of carbonyl (C=O) groups is 2. The summed E-state index contributed by atoms with van der Waals surface area (Å²) in [7, 11) is 0. The molecule has 0 aliphatic rings. The molecule has 0 aliphatic heterocycles. The van der Waals surface area contributed by atoms with E-state index in [0.29, 0.717) is 33.4 Å². The van der Waals surface area contributed by atoms with E-state index in [1.54, 1.807) is 25.3 Å². The number of nitrogens with zero attached hydrogens (tertiary/aromatic N) is 1. The molecule has 0 fully saturated rings. The third kappa shape index (κ3) is 4.15. The van der Waals surface area contributed by atoms with Crippen LogP contribution in [0, 0.1) is 19.7 Å². The van der Waals surface area contributed by atoms with Gasteiger partial charge in [-0.15, -0.1) is 11.3 Å². The van der Waals surface area contributed by atoms with Crippen molar-refractivity contribution in [2.75, 3.05) is 10.6 Å². The molecule has 8 heteroatoms. The van der Waals surface area contributed by atoms with Gasteiger partial charge in [0, 0.05) is 11.1 Å². The van der Waals surface area contributed by atoms with Crippen LogP contribution in [0.5, 0.6) is 0 Å². The van der Waals surface area contributed by atoms with E-state index in [0.717, 1.165) is 0 Å². The Kier molecular flexibility index (Phi) is 5.13. The van der Waals surface area contributed by atoms with Crippen LogP contribution in [0.3, 0.4) is 0 Å². The van der Waals surface area contributed by atoms with Crippen molar-refractivity contribution >= 4 is 34.0 Å². The molecule has 2 heterocycles. The zero-order valence-electron chi connectivity index (χ0n) is 14.1. The SMILES string of the molecule is Cc1cc(F)ccc1NC(=O)Cc1csc(NC(=O)c2ccoc2C)n1. The first-order chi connectivity index (χ1) is 12.4. The fourth-order valence-corrected chi connectivity index (χ4v) is 3.06. The molecule has 0 aliphatic carbocycles. The van der Waals surface area contributed by atoms with Crippen LogP contribution in [0.25, 0.3) is 0 Å². The molecule has 0 saturated heterocycles. The first-order valence-corrected chi connectivity index (χ1v) is 8.66. The van der Waals surface area contributed by atoms with Gasteiger partial charge in [0.05, 0.1) is 23.9 Å². The summed E-state index contributed by atoms with van der Waals surface area (Å²) in [5.74, 6) is -0.418. The van der Waals surface area contributed by atoms with Gasteiger partial charge in [0.25, 0.3) is 5.91 Å². The fraction of sp³-hybridized carbons (Fsp3) is 0.167. The molecule has 0 spiro atoms. The molecular formula is C18H16FN3O3S. The van der Waals surface area contributed by atoms with Crippen molar-refractivity contribution in [1.29, 1.82) is 0 Å². The fourth-order valence-electron chi connectivity index (χ4n) is 2.36. The molecule has 26 heavy (non-hydrogen) atoms. The van der Waals surface area contributed by atoms with Crippen molar-refractivity contribution < 1.29 is 18.4 Å². The Morgan fingerprint density at radius 2 is 2.04 bits per heavy atom. The van der Waals surface area contributed by atoms with Gasteiger partial charge in [-0.2, -0.15) is 0 Å². The van der Waals surface area contributed by atoms with Gasteiger partial charge in [-0.3, -0.25) is 14.9 Å². The number of hydrogen-bond donors (Lipinski definition) is 2. The van der Waals surface area contributed by atoms with Crippen LogP contribution in [0.1, 0.15) is 27.4 Å². The molecular weight excluding hydrogens is 357 g/mol. The smallest absolute Gasteiger partial charge is 0.260 e. The monoisotopic (exact) mass is 373 g/mol. The summed E-state index contributed by atoms with van der Waals surface area (Å²) in [4.78, 5) is 28.5. The second kappa shape index (κ2) is 7.49. The number of furan rings is 1. The van der Waals surface area contributed by atoms with Gasteiger partial charge in [-0.05, 0) is 43.7 Å². The van der Waals surface area contributed by atoms with E-state index in [2.05, 4.69) is 15.6 Å². The molecule has 2 aromatic heterocycles. The Bertz CT molecular complexity index is 964. The van der Waals surface area contributed by atoms with Crippen molar-refractivity contribution in [2.45, 2.75) is 20.3 Å². The summed E-state index contributed by atoms with van der Waals surface area (Å²) >= 11 is 1.23. The second-order valence-electron chi connectivity index (χ2n) is 5.67. The Hall–Kier alpha value is -3.00. The zero-order chi connectivity index (χ0) is 18.7. The number of anilines is 2. The van der Waals surface area contributed by atoms with Gasteiger partial charge in [0.2, 0.25) is 5.91 Å². The van der Waals surface area contributed by atoms with E-state index in [1.165, 1.54) is 35.8 Å². The minimum absolute atomic E-state index is 0.0495. The molecule has 0 atom stereocenters. The predicted molar refractivity (Wildman–Crippen MR) is 97.0 cm³/mol. The lowest BCUT2D eigenvalue weighted by Gasteiger charge is -2.07. The molecule has 6 nitrogen and oxygen atoms in total. The molecule has 0 bridgehead atoms. The molecule has 0 saturated carbocycles. The number of carbonyl (C=O) groups excluding carboxylic acids is 2. The van der Waals surface area contributed by atoms with Crippen LogP contribution >= 0.6 is 11.3 Å². The number of halogens is 1. The summed E-state index contributed by atoms with van der Waals surface area (Å²) in [6.45, 7) is 3.41. The van der Waals surface area contributed by atoms with Crippen molar-refractivity contribution in [3.8, 4) is 0 Å². The number of benzene rings is 1. The number of aromatic nitrogens is 1. The van der Waals surface area contributed by atoms with Gasteiger partial charge in [-0.1, -0.05) is 0 Å². The molecule has 0 unspecified atom stereocenters. The maximum atomic E-state index is 13.1. The third-order valence-corrected chi connectivity index (χ3v) is 4.49. The summed E-state index contributed by atoms with van der Waals surface area (Å²) in [5.41, 5.74) is 2.16. The number of nitrogens with one attached hydrogen (secondary N) is 2. The van der Waals surface area contributed by atoms with E-state index < -0.39 is 0 Å². The van der Waals surface area contributed by atoms with Crippen LogP contribution in [-0.4, -0.2) is 16.8 Å². The third-order valence-electron chi connectivity index (χ3n) is 3.68. The summed E-state index contributed by atoms with van der Waals surface area (Å²) in [5, 5.41) is 7.51. The molecule has 1 aromatic carbocycles. The van der Waals surface area contributed by atoms with Crippen LogP contribution in [0.4, 0.5) is 15.2 Å². The quantitative estimate of drug-likeness (QED) is 0.710. The first kappa shape index (κ1) is 17.8. The van der Waals surface area contributed by atoms with Gasteiger partial charge in [0.15, 0.2) is 5.13 Å². The van der Waals surface area contributed by atoms with Crippen LogP contribution < -0.4 is 10.6 Å². The Morgan fingerprint density at radius 3 is 2.73 bits per heavy atom. The first-order valence-electron chi connectivity index (χ1n) is 7.78. The number of amides is 2. The largest absolute Gasteiger partial charge is 0.469 e. The van der Waals surface area contributed by atoms with Gasteiger partial charge >= 0.3 is 0 Å². The molecule has 2 N–H and O–H groups in total. The van der Waals surface area contributed by atoms with Crippen LogP contribution in [0.15, 0.2) is 40.3 Å². The highest BCUT2D eigenvalue weighted by molar-refractivity contribution is 7.14. The molecule has 3 aromatic rings. The minimum Gasteiger partial charge on any atom is -0.469 e. The summed E-state index contributed by atoms with van der Waals surface area (Å²) in [6, 6.07) is 5.74. The van der Waals surface area contributed by atoms with E-state index in [-0.39, 0.29) is 24.1 Å². The van der Waals surface area contributed by atoms with Gasteiger partial charge < -0.3 is 9.73 Å². The Balaban J connectivity index is 1.60. The molecule has 3 rings (SSSR count). The maximum absolute atomic E-state index is 13.1. The molecule has 134 valence electrons. The lowest BCUT2D eigenvalue weighted by atomic mass is 10.2. The number of aryl methyl sites for hydroxylation is 2. The highest BCUT2D eigenvalue weighted by Crippen LogP contribution is 2.20. The predicted octanol–water partition coefficient (Wildman–Crippen LogP) is 3.93. The summed E-state index contributed by atoms with van der Waals surface area (Å²) < 4.78 is 18.2. The zero-order valence-corrected chi connectivity index (χ0v) is 14.9. The average Bonchev–Trinajstić information content (AvgIpc) is 3.19. The highest BCUT2D eigenvalue weighted by Gasteiger charge is 2.14. The molecule has 0 radical (unpaired) electrons. The van der Waals surface area contributed by atoms with Crippen molar-refractivity contribution in [2.24, 2.45) is 0 Å². The van der Waals surface area contributed by atoms with E-state index in [1.807, 2.05) is 0 Å². The molecule has 2 amide bonds. The lowest BCUT2D eigenvalue weighted by Crippen LogP contribution is -2.16. The standard InChI is InChI=1S/C18H16FN3O3S/c1-10-7-12(19)3-4-15(10)21-16(23)8-13-9-26-18(20-13)22-17(24)14-5-6-25-11(14)2/h3-7,9H,8H2,1-2H3,(H,21,23)(H,20,22,24). The van der Waals surface area contributed by atoms with E-state index in [4.69, 9.17) is 4.42 Å². The average molecular weight is 373 g/mol. The van der Waals surface area contributed by atoms with Gasteiger partial charge in [0.1, 0.15) is 11.6 Å². The normalized spacial score (nSPS) is 10.6. The summed E-state index contributed by atoms with van der Waals surface area (Å²) in [6.07, 6.45) is 1.49. The Morgan fingerprint density at radius 1 is 1.23 bits per heavy atom. The minimum atomic E-state index is -0.353. The highest BCUT2D eigenvalue weighted by atomic mass is 32.1.